The summed E-state index contributed by atoms with van der Waals surface area (Å²) in [5, 5.41) is 8.55. The summed E-state index contributed by atoms with van der Waals surface area (Å²) < 4.78 is 19.9. The van der Waals surface area contributed by atoms with Gasteiger partial charge >= 0.3 is 5.97 Å². The van der Waals surface area contributed by atoms with Crippen LogP contribution in [0.3, 0.4) is 0 Å². The lowest BCUT2D eigenvalue weighted by atomic mass is 9.85. The van der Waals surface area contributed by atoms with Gasteiger partial charge in [0.2, 0.25) is 16.3 Å². The summed E-state index contributed by atoms with van der Waals surface area (Å²) in [6, 6.07) is 0. The van der Waals surface area contributed by atoms with E-state index >= 15 is 0 Å². The fourth-order valence-corrected chi connectivity index (χ4v) is 3.24. The Morgan fingerprint density at radius 3 is 2.40 bits per heavy atom. The second-order valence-corrected chi connectivity index (χ2v) is 8.70. The molecule has 0 aromatic carbocycles. The van der Waals surface area contributed by atoms with Crippen LogP contribution in [-0.4, -0.2) is 39.7 Å². The fraction of sp³-hybridized carbons (Fsp3) is 0.889. The molecule has 0 heterocycles. The summed E-state index contributed by atoms with van der Waals surface area (Å²) >= 11 is -0.960. The minimum absolute atomic E-state index is 0.223. The number of hydrogen-bond acceptors (Lipinski definition) is 2. The van der Waals surface area contributed by atoms with Gasteiger partial charge in [0.25, 0.3) is 0 Å². The molecule has 0 aromatic heterocycles. The topological polar surface area (TPSA) is 74.6 Å². The van der Waals surface area contributed by atoms with Crippen LogP contribution in [0.1, 0.15) is 38.5 Å². The molecule has 0 amide bonds. The SMILES string of the molecule is O=C(O)CCC1CC[C]([AlH2])(S(=O)O)CC1. The van der Waals surface area contributed by atoms with E-state index in [4.69, 9.17) is 9.66 Å². The largest absolute Gasteiger partial charge is 0.481 e. The number of carbonyl (C=O) groups is 1. The first-order valence-corrected chi connectivity index (χ1v) is 7.37. The molecular formula is C9H17AlO4S. The standard InChI is InChI=1S/C9H15O4S.Al.2H/c10-9(11)6-3-7-1-4-8(5-2-7)14(12)13;;;/h7H,1-6H2,(H,10,11)(H,12,13);;;. The van der Waals surface area contributed by atoms with Crippen LogP contribution in [0.2, 0.25) is 0 Å². The molecule has 0 radical (unpaired) electrons. The van der Waals surface area contributed by atoms with Gasteiger partial charge in [-0.1, -0.05) is 12.8 Å². The zero-order valence-corrected chi connectivity index (χ0v) is 11.8. The van der Waals surface area contributed by atoms with E-state index in [1.807, 2.05) is 0 Å². The van der Waals surface area contributed by atoms with E-state index in [9.17, 15) is 9.00 Å². The van der Waals surface area contributed by atoms with Gasteiger partial charge < -0.3 is 9.66 Å². The molecule has 6 heteroatoms. The van der Waals surface area contributed by atoms with Crippen molar-refractivity contribution in [2.75, 3.05) is 0 Å². The molecule has 0 aromatic rings. The van der Waals surface area contributed by atoms with E-state index in [2.05, 4.69) is 0 Å². The summed E-state index contributed by atoms with van der Waals surface area (Å²) in [6.45, 7) is 0. The predicted molar refractivity (Wildman–Crippen MR) is 60.9 cm³/mol. The molecule has 0 spiro atoms. The third-order valence-corrected chi connectivity index (χ3v) is 6.65. The van der Waals surface area contributed by atoms with E-state index in [1.54, 1.807) is 0 Å². The highest BCUT2D eigenvalue weighted by Crippen LogP contribution is 2.35. The molecule has 1 rings (SSSR count). The van der Waals surface area contributed by atoms with Crippen LogP contribution in [-0.2, 0) is 15.9 Å². The lowest BCUT2D eigenvalue weighted by Crippen LogP contribution is -2.39. The molecule has 1 fully saturated rings. The minimum Gasteiger partial charge on any atom is -0.481 e. The zero-order valence-electron chi connectivity index (χ0n) is 8.94. The first kappa shape index (κ1) is 13.2. The molecule has 1 unspecified atom stereocenters. The highest BCUT2D eigenvalue weighted by Gasteiger charge is 2.35. The number of aliphatic carboxylic acids is 1. The van der Waals surface area contributed by atoms with Crippen molar-refractivity contribution >= 4 is 33.3 Å². The zero-order chi connectivity index (χ0) is 11.5. The molecule has 1 aliphatic carbocycles. The highest BCUT2D eigenvalue weighted by molar-refractivity contribution is 7.82. The van der Waals surface area contributed by atoms with Gasteiger partial charge in [-0.05, 0) is 25.2 Å². The molecule has 2 N–H and O–H groups in total. The van der Waals surface area contributed by atoms with Crippen molar-refractivity contribution < 1.29 is 18.7 Å². The normalized spacial score (nSPS) is 33.5. The second-order valence-electron chi connectivity index (χ2n) is 4.57. The van der Waals surface area contributed by atoms with Crippen LogP contribution >= 0.6 is 0 Å². The molecule has 1 aliphatic rings. The van der Waals surface area contributed by atoms with Crippen LogP contribution < -0.4 is 0 Å². The van der Waals surface area contributed by atoms with Gasteiger partial charge in [0.15, 0.2) is 0 Å². The second kappa shape index (κ2) is 5.44. The molecule has 15 heavy (non-hydrogen) atoms. The summed E-state index contributed by atoms with van der Waals surface area (Å²) in [4.78, 5) is 10.4. The fourth-order valence-electron chi connectivity index (χ4n) is 2.08. The number of carboxylic acids is 1. The van der Waals surface area contributed by atoms with Gasteiger partial charge in [-0.2, -0.15) is 0 Å². The van der Waals surface area contributed by atoms with Crippen molar-refractivity contribution in [1.29, 1.82) is 0 Å². The number of carboxylic acid groups (broad SMARTS) is 1. The Morgan fingerprint density at radius 1 is 1.47 bits per heavy atom. The van der Waals surface area contributed by atoms with Crippen LogP contribution in [0.25, 0.3) is 0 Å². The maximum Gasteiger partial charge on any atom is 0.303 e. The molecular weight excluding hydrogens is 231 g/mol. The van der Waals surface area contributed by atoms with Crippen molar-refractivity contribution in [2.45, 2.75) is 42.1 Å². The van der Waals surface area contributed by atoms with Gasteiger partial charge in [-0.3, -0.25) is 4.79 Å². The molecule has 4 nitrogen and oxygen atoms in total. The number of hydrogen-bond donors (Lipinski definition) is 2. The lowest BCUT2D eigenvalue weighted by molar-refractivity contribution is -0.137. The van der Waals surface area contributed by atoms with Crippen molar-refractivity contribution in [3.8, 4) is 0 Å². The minimum atomic E-state index is -1.70. The molecule has 1 saturated carbocycles. The van der Waals surface area contributed by atoms with E-state index in [0.29, 0.717) is 12.3 Å². The van der Waals surface area contributed by atoms with Crippen LogP contribution in [0.15, 0.2) is 0 Å². The van der Waals surface area contributed by atoms with Gasteiger partial charge in [-0.15, -0.1) is 0 Å². The Bertz CT molecular complexity index is 261. The van der Waals surface area contributed by atoms with E-state index in [1.165, 1.54) is 0 Å². The first-order valence-electron chi connectivity index (χ1n) is 5.27. The Balaban J connectivity index is 2.35. The quantitative estimate of drug-likeness (QED) is 0.564. The van der Waals surface area contributed by atoms with Gasteiger partial charge in [-0.25, -0.2) is 4.21 Å². The van der Waals surface area contributed by atoms with Crippen molar-refractivity contribution in [2.24, 2.45) is 5.92 Å². The Morgan fingerprint density at radius 2 is 2.00 bits per heavy atom. The molecule has 86 valence electrons. The lowest BCUT2D eigenvalue weighted by Gasteiger charge is -2.34. The molecule has 1 atom stereocenters. The van der Waals surface area contributed by atoms with Gasteiger partial charge in [0.1, 0.15) is 11.1 Å². The predicted octanol–water partition coefficient (Wildman–Crippen LogP) is 0.593. The van der Waals surface area contributed by atoms with E-state index in [-0.39, 0.29) is 10.0 Å². The first-order chi connectivity index (χ1) is 6.94. The Kier molecular flexibility index (Phi) is 4.78. The van der Waals surface area contributed by atoms with Crippen molar-refractivity contribution in [3.05, 3.63) is 0 Å². The van der Waals surface area contributed by atoms with E-state index in [0.717, 1.165) is 42.0 Å². The monoisotopic (exact) mass is 248 g/mol. The third kappa shape index (κ3) is 3.88. The average Bonchev–Trinajstić information content (AvgIpc) is 2.16. The molecule has 0 aliphatic heterocycles. The van der Waals surface area contributed by atoms with Crippen molar-refractivity contribution in [3.63, 3.8) is 0 Å². The smallest absolute Gasteiger partial charge is 0.303 e. The Labute approximate surface area is 100 Å². The molecule has 0 saturated heterocycles. The summed E-state index contributed by atoms with van der Waals surface area (Å²) in [5.41, 5.74) is 0. The maximum atomic E-state index is 11.1. The third-order valence-electron chi connectivity index (χ3n) is 3.35. The van der Waals surface area contributed by atoms with Crippen LogP contribution in [0, 0.1) is 5.92 Å². The summed E-state index contributed by atoms with van der Waals surface area (Å²) in [5.74, 6) is -0.310. The summed E-state index contributed by atoms with van der Waals surface area (Å²) in [7, 11) is 0. The van der Waals surface area contributed by atoms with Gasteiger partial charge in [0.05, 0.1) is 0 Å². The number of rotatable bonds is 4. The Hall–Kier alpha value is 0.112. The van der Waals surface area contributed by atoms with Crippen LogP contribution in [0.5, 0.6) is 0 Å². The highest BCUT2D eigenvalue weighted by atomic mass is 32.2. The molecule has 0 bridgehead atoms. The summed E-state index contributed by atoms with van der Waals surface area (Å²) in [6.07, 6.45) is 4.32. The van der Waals surface area contributed by atoms with Gasteiger partial charge in [0, 0.05) is 10.0 Å². The van der Waals surface area contributed by atoms with E-state index < -0.39 is 17.0 Å². The maximum absolute atomic E-state index is 11.1. The average molecular weight is 248 g/mol. The van der Waals surface area contributed by atoms with Crippen LogP contribution in [0.4, 0.5) is 0 Å². The van der Waals surface area contributed by atoms with Crippen molar-refractivity contribution in [1.82, 2.24) is 0 Å².